The minimum atomic E-state index is -0.751. The fourth-order valence-electron chi connectivity index (χ4n) is 3.06. The van der Waals surface area contributed by atoms with Gasteiger partial charge in [0.2, 0.25) is 0 Å². The molecule has 0 unspecified atom stereocenters. The molecule has 0 aliphatic heterocycles. The van der Waals surface area contributed by atoms with Crippen LogP contribution in [0.15, 0.2) is 24.3 Å². The highest BCUT2D eigenvalue weighted by atomic mass is 16.5. The maximum absolute atomic E-state index is 12.6. The van der Waals surface area contributed by atoms with Gasteiger partial charge in [-0.05, 0) is 31.5 Å². The van der Waals surface area contributed by atoms with Gasteiger partial charge in [0.15, 0.2) is 5.69 Å². The molecular weight excluding hydrogens is 376 g/mol. The van der Waals surface area contributed by atoms with Crippen molar-refractivity contribution in [3.05, 3.63) is 35.5 Å². The number of aromatic nitrogens is 1. The summed E-state index contributed by atoms with van der Waals surface area (Å²) in [6.45, 7) is 5.21. The Balaban J connectivity index is 2.96. The summed E-state index contributed by atoms with van der Waals surface area (Å²) in [6, 6.07) is 7.27. The fourth-order valence-corrected chi connectivity index (χ4v) is 3.06. The van der Waals surface area contributed by atoms with Gasteiger partial charge in [0.1, 0.15) is 22.9 Å². The van der Waals surface area contributed by atoms with Crippen molar-refractivity contribution in [3.8, 4) is 22.6 Å². The maximum Gasteiger partial charge on any atom is 0.357 e. The Labute approximate surface area is 170 Å². The first-order valence-corrected chi connectivity index (χ1v) is 9.15. The zero-order valence-electron chi connectivity index (χ0n) is 17.6. The highest BCUT2D eigenvalue weighted by Crippen LogP contribution is 2.42. The number of hydrogen-bond acceptors (Lipinski definition) is 8. The van der Waals surface area contributed by atoms with Crippen LogP contribution in [0.25, 0.3) is 11.1 Å². The Morgan fingerprint density at radius 1 is 0.897 bits per heavy atom. The van der Waals surface area contributed by atoms with Gasteiger partial charge in [0.25, 0.3) is 0 Å². The van der Waals surface area contributed by atoms with Crippen LogP contribution in [-0.2, 0) is 9.47 Å². The van der Waals surface area contributed by atoms with E-state index in [1.807, 2.05) is 30.9 Å². The number of pyridine rings is 1. The summed E-state index contributed by atoms with van der Waals surface area (Å²) in [4.78, 5) is 31.5. The summed E-state index contributed by atoms with van der Waals surface area (Å²) in [5.74, 6) is -0.109. The normalized spacial score (nSPS) is 10.3. The molecule has 0 bridgehead atoms. The van der Waals surface area contributed by atoms with Gasteiger partial charge in [-0.1, -0.05) is 12.1 Å². The van der Waals surface area contributed by atoms with E-state index in [9.17, 15) is 9.59 Å². The van der Waals surface area contributed by atoms with E-state index in [0.29, 0.717) is 30.2 Å². The molecule has 0 N–H and O–H groups in total. The van der Waals surface area contributed by atoms with Gasteiger partial charge in [0.05, 0.1) is 34.0 Å². The molecule has 29 heavy (non-hydrogen) atoms. The third-order valence-electron chi connectivity index (χ3n) is 4.55. The lowest BCUT2D eigenvalue weighted by Crippen LogP contribution is -2.26. The molecule has 0 atom stereocenters. The van der Waals surface area contributed by atoms with Gasteiger partial charge in [-0.3, -0.25) is 0 Å². The molecule has 2 aromatic rings. The van der Waals surface area contributed by atoms with E-state index >= 15 is 0 Å². The van der Waals surface area contributed by atoms with Crippen LogP contribution in [0.2, 0.25) is 0 Å². The zero-order chi connectivity index (χ0) is 21.6. The van der Waals surface area contributed by atoms with E-state index in [1.54, 1.807) is 19.2 Å². The summed E-state index contributed by atoms with van der Waals surface area (Å²) in [5.41, 5.74) is 1.09. The lowest BCUT2D eigenvalue weighted by molar-refractivity contribution is 0.0547. The second kappa shape index (κ2) is 9.77. The van der Waals surface area contributed by atoms with Crippen LogP contribution in [0, 0.1) is 0 Å². The smallest absolute Gasteiger partial charge is 0.357 e. The summed E-state index contributed by atoms with van der Waals surface area (Å²) < 4.78 is 20.6. The molecule has 156 valence electrons. The first-order chi connectivity index (χ1) is 14.0. The van der Waals surface area contributed by atoms with Crippen molar-refractivity contribution < 1.29 is 28.5 Å². The van der Waals surface area contributed by atoms with Crippen LogP contribution >= 0.6 is 0 Å². The summed E-state index contributed by atoms with van der Waals surface area (Å²) in [5, 5.41) is 0. The van der Waals surface area contributed by atoms with Gasteiger partial charge in [-0.25, -0.2) is 14.6 Å². The van der Waals surface area contributed by atoms with Crippen LogP contribution in [0.1, 0.15) is 34.7 Å². The van der Waals surface area contributed by atoms with E-state index < -0.39 is 11.9 Å². The summed E-state index contributed by atoms with van der Waals surface area (Å²) in [7, 11) is 5.47. The van der Waals surface area contributed by atoms with Crippen LogP contribution in [0.3, 0.4) is 0 Å². The molecule has 0 saturated heterocycles. The maximum atomic E-state index is 12.6. The van der Waals surface area contributed by atoms with Gasteiger partial charge in [0, 0.05) is 13.1 Å². The molecule has 8 nitrogen and oxygen atoms in total. The number of rotatable bonds is 8. The first-order valence-electron chi connectivity index (χ1n) is 9.15. The number of carbonyl (C=O) groups is 2. The van der Waals surface area contributed by atoms with Gasteiger partial charge in [-0.15, -0.1) is 0 Å². The number of methoxy groups -OCH3 is 4. The Morgan fingerprint density at radius 2 is 1.48 bits per heavy atom. The molecule has 1 aromatic carbocycles. The zero-order valence-corrected chi connectivity index (χ0v) is 17.6. The average Bonchev–Trinajstić information content (AvgIpc) is 2.77. The molecule has 8 heteroatoms. The van der Waals surface area contributed by atoms with Crippen molar-refractivity contribution in [2.45, 2.75) is 13.8 Å². The number of hydrogen-bond donors (Lipinski definition) is 0. The largest absolute Gasteiger partial charge is 0.497 e. The standard InChI is InChI=1S/C21H26N2O6/c1-7-23(8-2)19-15(13-9-11-14(26-3)12-10-13)18(27-4)16(20(24)28-5)17(22-19)21(25)29-6/h9-12H,7-8H2,1-6H3. The quantitative estimate of drug-likeness (QED) is 0.622. The van der Waals surface area contributed by atoms with Gasteiger partial charge >= 0.3 is 11.9 Å². The monoisotopic (exact) mass is 402 g/mol. The minimum Gasteiger partial charge on any atom is -0.497 e. The third kappa shape index (κ3) is 4.26. The van der Waals surface area contributed by atoms with E-state index in [2.05, 4.69) is 4.98 Å². The van der Waals surface area contributed by atoms with Gasteiger partial charge in [-0.2, -0.15) is 0 Å². The lowest BCUT2D eigenvalue weighted by Gasteiger charge is -2.26. The predicted octanol–water partition coefficient (Wildman–Crippen LogP) is 3.19. The van der Waals surface area contributed by atoms with E-state index in [-0.39, 0.29) is 17.0 Å². The van der Waals surface area contributed by atoms with Crippen LogP contribution in [-0.4, -0.2) is 58.5 Å². The fraction of sp³-hybridized carbons (Fsp3) is 0.381. The van der Waals surface area contributed by atoms with E-state index in [1.165, 1.54) is 21.3 Å². The highest BCUT2D eigenvalue weighted by molar-refractivity contribution is 6.07. The SMILES string of the molecule is CCN(CC)c1nc(C(=O)OC)c(C(=O)OC)c(OC)c1-c1ccc(OC)cc1. The number of ether oxygens (including phenoxy) is 4. The summed E-state index contributed by atoms with van der Waals surface area (Å²) in [6.07, 6.45) is 0. The molecule has 0 saturated carbocycles. The molecule has 0 spiro atoms. The average molecular weight is 402 g/mol. The molecule has 1 heterocycles. The molecule has 0 aliphatic rings. The summed E-state index contributed by atoms with van der Waals surface area (Å²) >= 11 is 0. The topological polar surface area (TPSA) is 87.2 Å². The second-order valence-electron chi connectivity index (χ2n) is 5.95. The number of carbonyl (C=O) groups excluding carboxylic acids is 2. The molecule has 2 rings (SSSR count). The van der Waals surface area contributed by atoms with Crippen molar-refractivity contribution in [1.29, 1.82) is 0 Å². The first kappa shape index (κ1) is 22.0. The van der Waals surface area contributed by atoms with Crippen molar-refractivity contribution in [2.24, 2.45) is 0 Å². The Morgan fingerprint density at radius 3 is 1.93 bits per heavy atom. The third-order valence-corrected chi connectivity index (χ3v) is 4.55. The van der Waals surface area contributed by atoms with Crippen molar-refractivity contribution >= 4 is 17.8 Å². The second-order valence-corrected chi connectivity index (χ2v) is 5.95. The van der Waals surface area contributed by atoms with Crippen LogP contribution in [0.4, 0.5) is 5.82 Å². The minimum absolute atomic E-state index is 0.0800. The lowest BCUT2D eigenvalue weighted by atomic mass is 9.99. The number of esters is 2. The predicted molar refractivity (Wildman–Crippen MR) is 109 cm³/mol. The Kier molecular flexibility index (Phi) is 7.41. The van der Waals surface area contributed by atoms with Gasteiger partial charge < -0.3 is 23.8 Å². The number of benzene rings is 1. The molecule has 0 aliphatic carbocycles. The van der Waals surface area contributed by atoms with Crippen molar-refractivity contribution in [1.82, 2.24) is 4.98 Å². The Hall–Kier alpha value is -3.29. The van der Waals surface area contributed by atoms with Crippen LogP contribution < -0.4 is 14.4 Å². The number of anilines is 1. The van der Waals surface area contributed by atoms with Crippen LogP contribution in [0.5, 0.6) is 11.5 Å². The molecule has 0 fully saturated rings. The highest BCUT2D eigenvalue weighted by Gasteiger charge is 2.32. The Bertz CT molecular complexity index is 876. The number of nitrogens with zero attached hydrogens (tertiary/aromatic N) is 2. The molecule has 1 aromatic heterocycles. The van der Waals surface area contributed by atoms with E-state index in [0.717, 1.165) is 5.56 Å². The molecular formula is C21H26N2O6. The van der Waals surface area contributed by atoms with Crippen molar-refractivity contribution in [3.63, 3.8) is 0 Å². The van der Waals surface area contributed by atoms with E-state index in [4.69, 9.17) is 18.9 Å². The van der Waals surface area contributed by atoms with Crippen molar-refractivity contribution in [2.75, 3.05) is 46.4 Å². The molecule has 0 radical (unpaired) electrons. The molecule has 0 amide bonds.